The van der Waals surface area contributed by atoms with Crippen LogP contribution in [0.2, 0.25) is 0 Å². The van der Waals surface area contributed by atoms with E-state index in [1.165, 1.54) is 9.80 Å². The molecule has 4 rings (SSSR count). The van der Waals surface area contributed by atoms with Gasteiger partial charge in [0.2, 0.25) is 5.91 Å². The van der Waals surface area contributed by atoms with Gasteiger partial charge < -0.3 is 9.64 Å². The molecule has 2 aromatic carbocycles. The monoisotopic (exact) mass is 592 g/mol. The highest BCUT2D eigenvalue weighted by atomic mass is 32.1. The van der Waals surface area contributed by atoms with Crippen LogP contribution in [0.1, 0.15) is 50.5 Å². The normalized spacial score (nSPS) is 15.6. The van der Waals surface area contributed by atoms with E-state index >= 15 is 0 Å². The average Bonchev–Trinajstić information content (AvgIpc) is 3.50. The number of amides is 3. The third-order valence-corrected chi connectivity index (χ3v) is 8.73. The molecule has 1 aliphatic heterocycles. The highest BCUT2D eigenvalue weighted by Gasteiger charge is 2.38. The van der Waals surface area contributed by atoms with Gasteiger partial charge in [-0.25, -0.2) is 9.80 Å². The van der Waals surface area contributed by atoms with Crippen molar-refractivity contribution in [3.63, 3.8) is 0 Å². The van der Waals surface area contributed by atoms with Crippen LogP contribution in [0.3, 0.4) is 0 Å². The molecule has 0 unspecified atom stereocenters. The molecule has 0 aliphatic carbocycles. The van der Waals surface area contributed by atoms with Crippen LogP contribution < -0.4 is 0 Å². The Labute approximate surface area is 253 Å². The summed E-state index contributed by atoms with van der Waals surface area (Å²) in [5.41, 5.74) is 0.199. The van der Waals surface area contributed by atoms with Crippen molar-refractivity contribution in [1.29, 1.82) is 0 Å². The number of carbonyl (C=O) groups is 3. The van der Waals surface area contributed by atoms with Gasteiger partial charge in [-0.2, -0.15) is 0 Å². The van der Waals surface area contributed by atoms with Crippen LogP contribution in [0.4, 0.5) is 4.79 Å². The molecule has 2 heterocycles. The summed E-state index contributed by atoms with van der Waals surface area (Å²) < 4.78 is 5.67. The molecule has 226 valence electrons. The maximum atomic E-state index is 14.4. The second kappa shape index (κ2) is 13.7. The molecule has 3 amide bonds. The molecule has 0 saturated carbocycles. The number of hydrogen-bond donors (Lipinski definition) is 0. The number of likely N-dealkylation sites (N-methyl/N-ethyl adjacent to an activating group) is 3. The van der Waals surface area contributed by atoms with E-state index in [0.29, 0.717) is 6.42 Å². The van der Waals surface area contributed by atoms with E-state index in [1.807, 2.05) is 53.9 Å². The molecule has 0 N–H and O–H groups in total. The van der Waals surface area contributed by atoms with Crippen molar-refractivity contribution in [1.82, 2.24) is 19.8 Å². The number of carbonyl (C=O) groups excluding carboxylic acids is 3. The number of thiophene rings is 1. The van der Waals surface area contributed by atoms with Crippen molar-refractivity contribution in [3.8, 4) is 0 Å². The first kappa shape index (κ1) is 31.5. The topological polar surface area (TPSA) is 73.4 Å². The first-order valence-electron chi connectivity index (χ1n) is 14.7. The Morgan fingerprint density at radius 1 is 0.833 bits per heavy atom. The Hall–Kier alpha value is -3.43. The fourth-order valence-electron chi connectivity index (χ4n) is 5.37. The predicted octanol–water partition coefficient (Wildman–Crippen LogP) is 5.61. The first-order chi connectivity index (χ1) is 19.9. The van der Waals surface area contributed by atoms with E-state index in [4.69, 9.17) is 4.74 Å². The molecule has 1 saturated heterocycles. The molecule has 9 heteroatoms. The molecule has 0 radical (unpaired) electrons. The highest BCUT2D eigenvalue weighted by Crippen LogP contribution is 2.23. The highest BCUT2D eigenvalue weighted by molar-refractivity contribution is 7.09. The van der Waals surface area contributed by atoms with Gasteiger partial charge in [0, 0.05) is 52.0 Å². The van der Waals surface area contributed by atoms with Crippen LogP contribution in [0.5, 0.6) is 0 Å². The van der Waals surface area contributed by atoms with Gasteiger partial charge in [0.15, 0.2) is 0 Å². The lowest BCUT2D eigenvalue weighted by Gasteiger charge is -2.40. The maximum Gasteiger partial charge on any atom is 0.410 e. The van der Waals surface area contributed by atoms with Crippen LogP contribution in [0.25, 0.3) is 10.8 Å². The van der Waals surface area contributed by atoms with E-state index in [-0.39, 0.29) is 18.2 Å². The van der Waals surface area contributed by atoms with Crippen molar-refractivity contribution in [2.45, 2.75) is 70.6 Å². The number of rotatable bonds is 9. The van der Waals surface area contributed by atoms with Crippen molar-refractivity contribution in [3.05, 3.63) is 70.4 Å². The van der Waals surface area contributed by atoms with Gasteiger partial charge in [0.1, 0.15) is 17.7 Å². The number of nitrogens with zero attached hydrogens (tertiary/aromatic N) is 4. The van der Waals surface area contributed by atoms with Crippen LogP contribution in [0.15, 0.2) is 60.0 Å². The minimum absolute atomic E-state index is 0.134. The summed E-state index contributed by atoms with van der Waals surface area (Å²) in [6.45, 7) is 7.04. The van der Waals surface area contributed by atoms with Gasteiger partial charge >= 0.3 is 6.09 Å². The summed E-state index contributed by atoms with van der Waals surface area (Å²) in [4.78, 5) is 45.6. The zero-order valence-electron chi connectivity index (χ0n) is 25.7. The number of hydrazine groups is 1. The van der Waals surface area contributed by atoms with E-state index in [0.717, 1.165) is 53.6 Å². The van der Waals surface area contributed by atoms with Gasteiger partial charge in [-0.15, -0.1) is 11.3 Å². The second-order valence-corrected chi connectivity index (χ2v) is 13.1. The Balaban J connectivity index is 1.65. The Morgan fingerprint density at radius 2 is 1.50 bits per heavy atom. The largest absolute Gasteiger partial charge is 0.444 e. The molecule has 0 bridgehead atoms. The number of benzene rings is 2. The molecule has 8 nitrogen and oxygen atoms in total. The fourth-order valence-corrected chi connectivity index (χ4v) is 6.11. The van der Waals surface area contributed by atoms with E-state index in [1.54, 1.807) is 58.3 Å². The quantitative estimate of drug-likeness (QED) is 0.323. The molecule has 1 fully saturated rings. The molecular formula is C33H44N4O4S. The Bertz CT molecular complexity index is 1360. The third-order valence-electron chi connectivity index (χ3n) is 7.83. The lowest BCUT2D eigenvalue weighted by molar-refractivity contribution is -0.157. The van der Waals surface area contributed by atoms with Gasteiger partial charge in [0.25, 0.3) is 5.91 Å². The van der Waals surface area contributed by atoms with Gasteiger partial charge in [-0.05, 0) is 61.4 Å². The molecule has 1 aromatic heterocycles. The number of ether oxygens (including phenoxy) is 1. The fraction of sp³-hybridized carbons (Fsp3) is 0.485. The van der Waals surface area contributed by atoms with Crippen molar-refractivity contribution < 1.29 is 19.1 Å². The van der Waals surface area contributed by atoms with Crippen LogP contribution in [-0.4, -0.2) is 89.6 Å². The third kappa shape index (κ3) is 7.89. The van der Waals surface area contributed by atoms with Gasteiger partial charge in [-0.1, -0.05) is 55.0 Å². The summed E-state index contributed by atoms with van der Waals surface area (Å²) in [7, 11) is 5.08. The van der Waals surface area contributed by atoms with Gasteiger partial charge in [0.05, 0.1) is 0 Å². The molecule has 3 aromatic rings. The van der Waals surface area contributed by atoms with E-state index in [9.17, 15) is 14.4 Å². The summed E-state index contributed by atoms with van der Waals surface area (Å²) in [6.07, 6.45) is 3.33. The average molecular weight is 593 g/mol. The van der Waals surface area contributed by atoms with E-state index in [2.05, 4.69) is 11.1 Å². The number of fused-ring (bicyclic) bond motifs is 1. The maximum absolute atomic E-state index is 14.4. The lowest BCUT2D eigenvalue weighted by Crippen LogP contribution is -2.58. The lowest BCUT2D eigenvalue weighted by atomic mass is 9.99. The van der Waals surface area contributed by atoms with Crippen LogP contribution >= 0.6 is 11.3 Å². The van der Waals surface area contributed by atoms with Crippen molar-refractivity contribution in [2.24, 2.45) is 0 Å². The van der Waals surface area contributed by atoms with Crippen LogP contribution in [-0.2, 0) is 27.2 Å². The molecule has 2 atom stereocenters. The molecule has 0 spiro atoms. The van der Waals surface area contributed by atoms with Crippen molar-refractivity contribution in [2.75, 3.05) is 34.2 Å². The minimum atomic E-state index is -0.870. The van der Waals surface area contributed by atoms with E-state index < -0.39 is 23.8 Å². The van der Waals surface area contributed by atoms with Crippen molar-refractivity contribution >= 4 is 40.0 Å². The second-order valence-electron chi connectivity index (χ2n) is 12.1. The molecule has 42 heavy (non-hydrogen) atoms. The Morgan fingerprint density at radius 3 is 2.14 bits per heavy atom. The summed E-state index contributed by atoms with van der Waals surface area (Å²) in [5, 5.41) is 7.90. The first-order valence-corrected chi connectivity index (χ1v) is 15.6. The summed E-state index contributed by atoms with van der Waals surface area (Å²) in [5.74, 6) is -0.441. The predicted molar refractivity (Wildman–Crippen MR) is 168 cm³/mol. The summed E-state index contributed by atoms with van der Waals surface area (Å²) >= 11 is 1.57. The SMILES string of the molecule is CN(C(=O)OC(C)(C)C)[C@H](Cc1ccc2ccccc2c1)C(=O)N(C)[C@H](Cc1cccs1)C(=O)N(C)N1CCCCC1. The minimum Gasteiger partial charge on any atom is -0.444 e. The number of piperidine rings is 1. The van der Waals surface area contributed by atoms with Crippen LogP contribution in [0, 0.1) is 0 Å². The zero-order chi connectivity index (χ0) is 30.4. The molecular weight excluding hydrogens is 548 g/mol. The number of hydrogen-bond acceptors (Lipinski definition) is 6. The molecule has 1 aliphatic rings. The smallest absolute Gasteiger partial charge is 0.410 e. The summed E-state index contributed by atoms with van der Waals surface area (Å²) in [6, 6.07) is 16.5. The Kier molecular flexibility index (Phi) is 10.3. The zero-order valence-corrected chi connectivity index (χ0v) is 26.5. The standard InChI is InChI=1S/C33H44N4O4S/c1-33(2,3)41-32(40)35(5)28(22-24-16-17-25-13-8-9-14-26(25)21-24)30(38)34(4)29(23-27-15-12-20-42-27)31(39)36(6)37-18-10-7-11-19-37/h8-9,12-17,20-21,28-29H,7,10-11,18-19,22-23H2,1-6H3/t28-,29-/m1/s1. The van der Waals surface area contributed by atoms with Gasteiger partial charge in [-0.3, -0.25) is 19.5 Å².